The molecule has 1 aromatic heterocycles. The van der Waals surface area contributed by atoms with Crippen molar-refractivity contribution in [1.29, 1.82) is 0 Å². The third-order valence-corrected chi connectivity index (χ3v) is 3.24. The number of carbonyl (C=O) groups excluding carboxylic acids is 1. The summed E-state index contributed by atoms with van der Waals surface area (Å²) >= 11 is 0. The number of rotatable bonds is 8. The first-order chi connectivity index (χ1) is 9.31. The number of Topliss-reactive ketones (excluding diaryl/α,β-unsaturated/α-hetero) is 1. The van der Waals surface area contributed by atoms with Gasteiger partial charge in [-0.2, -0.15) is 0 Å². The van der Waals surface area contributed by atoms with Gasteiger partial charge >= 0.3 is 0 Å². The van der Waals surface area contributed by atoms with Gasteiger partial charge in [-0.1, -0.05) is 24.6 Å². The van der Waals surface area contributed by atoms with Gasteiger partial charge in [0.25, 0.3) is 0 Å². The van der Waals surface area contributed by atoms with Crippen LogP contribution in [0.4, 0.5) is 0 Å². The van der Waals surface area contributed by atoms with Crippen LogP contribution in [-0.4, -0.2) is 15.3 Å². The predicted octanol–water partition coefficient (Wildman–Crippen LogP) is 3.74. The Morgan fingerprint density at radius 3 is 2.95 bits per heavy atom. The third-order valence-electron chi connectivity index (χ3n) is 3.24. The van der Waals surface area contributed by atoms with Gasteiger partial charge in [0.05, 0.1) is 23.9 Å². The Morgan fingerprint density at radius 2 is 2.11 bits per heavy atom. The van der Waals surface area contributed by atoms with Crippen LogP contribution in [-0.2, 0) is 11.3 Å². The highest BCUT2D eigenvalue weighted by molar-refractivity contribution is 5.81. The number of ketones is 1. The van der Waals surface area contributed by atoms with Gasteiger partial charge in [-0.05, 0) is 31.4 Å². The number of nitrogens with zero attached hydrogens (tertiary/aromatic N) is 2. The summed E-state index contributed by atoms with van der Waals surface area (Å²) in [5.74, 6) is 0.279. The molecule has 3 nitrogen and oxygen atoms in total. The highest BCUT2D eigenvalue weighted by Gasteiger charge is 2.06. The molecule has 100 valence electrons. The number of carbonyl (C=O) groups is 1. The molecule has 0 N–H and O–H groups in total. The van der Waals surface area contributed by atoms with Gasteiger partial charge in [-0.3, -0.25) is 4.79 Å². The van der Waals surface area contributed by atoms with Crippen molar-refractivity contribution >= 4 is 16.8 Å². The molecule has 0 atom stereocenters. The number of allylic oxidation sites excluding steroid dienone is 1. The zero-order valence-electron chi connectivity index (χ0n) is 11.2. The van der Waals surface area contributed by atoms with Crippen molar-refractivity contribution in [3.63, 3.8) is 0 Å². The van der Waals surface area contributed by atoms with Crippen LogP contribution in [0.5, 0.6) is 0 Å². The highest BCUT2D eigenvalue weighted by atomic mass is 16.1. The van der Waals surface area contributed by atoms with E-state index in [2.05, 4.69) is 11.6 Å². The Hall–Kier alpha value is -1.90. The normalized spacial score (nSPS) is 10.7. The topological polar surface area (TPSA) is 34.9 Å². The minimum atomic E-state index is 0.279. The minimum Gasteiger partial charge on any atom is -0.323 e. The summed E-state index contributed by atoms with van der Waals surface area (Å²) in [4.78, 5) is 16.2. The molecule has 1 aromatic carbocycles. The second-order valence-corrected chi connectivity index (χ2v) is 4.79. The van der Waals surface area contributed by atoms with Crippen molar-refractivity contribution < 1.29 is 4.79 Å². The zero-order valence-corrected chi connectivity index (χ0v) is 11.2. The fraction of sp³-hybridized carbons (Fsp3) is 0.375. The van der Waals surface area contributed by atoms with Crippen LogP contribution in [0.25, 0.3) is 11.0 Å². The molecule has 0 radical (unpaired) electrons. The Morgan fingerprint density at radius 1 is 1.26 bits per heavy atom. The van der Waals surface area contributed by atoms with E-state index in [1.54, 1.807) is 6.33 Å². The highest BCUT2D eigenvalue weighted by Crippen LogP contribution is 2.12. The summed E-state index contributed by atoms with van der Waals surface area (Å²) in [6, 6.07) is 7.90. The second kappa shape index (κ2) is 6.88. The standard InChI is InChI=1S/C16H20N2O/c1-2-3-4-5-6-9-14(19)12-18-13-17-15-10-7-8-11-16(15)18/h2,7-8,10-11,13H,1,3-6,9,12H2. The number of para-hydroxylation sites is 2. The van der Waals surface area contributed by atoms with Crippen LogP contribution in [0.3, 0.4) is 0 Å². The molecule has 0 aliphatic heterocycles. The molecule has 0 amide bonds. The maximum Gasteiger partial charge on any atom is 0.152 e. The number of unbranched alkanes of at least 4 members (excludes halogenated alkanes) is 3. The van der Waals surface area contributed by atoms with Crippen molar-refractivity contribution in [3.05, 3.63) is 43.2 Å². The van der Waals surface area contributed by atoms with E-state index in [0.29, 0.717) is 13.0 Å². The monoisotopic (exact) mass is 256 g/mol. The van der Waals surface area contributed by atoms with Gasteiger partial charge in [0.15, 0.2) is 5.78 Å². The van der Waals surface area contributed by atoms with Crippen molar-refractivity contribution in [2.75, 3.05) is 0 Å². The van der Waals surface area contributed by atoms with Crippen LogP contribution in [0.2, 0.25) is 0 Å². The van der Waals surface area contributed by atoms with Crippen LogP contribution in [0.1, 0.15) is 32.1 Å². The summed E-state index contributed by atoms with van der Waals surface area (Å²) in [7, 11) is 0. The largest absolute Gasteiger partial charge is 0.323 e. The van der Waals surface area contributed by atoms with Crippen LogP contribution in [0, 0.1) is 0 Å². The number of benzene rings is 1. The smallest absolute Gasteiger partial charge is 0.152 e. The Bertz CT molecular complexity index is 557. The SMILES string of the molecule is C=CCCCCCC(=O)Cn1cnc2ccccc21. The lowest BCUT2D eigenvalue weighted by Crippen LogP contribution is -2.08. The average Bonchev–Trinajstić information content (AvgIpc) is 2.82. The molecule has 0 aliphatic rings. The van der Waals surface area contributed by atoms with Gasteiger partial charge in [-0.15, -0.1) is 6.58 Å². The number of fused-ring (bicyclic) bond motifs is 1. The van der Waals surface area contributed by atoms with Gasteiger partial charge < -0.3 is 4.57 Å². The molecule has 0 spiro atoms. The van der Waals surface area contributed by atoms with Crippen LogP contribution < -0.4 is 0 Å². The molecule has 0 saturated heterocycles. The lowest BCUT2D eigenvalue weighted by Gasteiger charge is -2.03. The van der Waals surface area contributed by atoms with Crippen LogP contribution in [0.15, 0.2) is 43.2 Å². The molecular weight excluding hydrogens is 236 g/mol. The van der Waals surface area contributed by atoms with Crippen molar-refractivity contribution in [1.82, 2.24) is 9.55 Å². The number of hydrogen-bond acceptors (Lipinski definition) is 2. The molecule has 0 saturated carbocycles. The molecule has 2 aromatic rings. The van der Waals surface area contributed by atoms with Gasteiger partial charge in [-0.25, -0.2) is 4.98 Å². The predicted molar refractivity (Wildman–Crippen MR) is 78.0 cm³/mol. The van der Waals surface area contributed by atoms with Gasteiger partial charge in [0.1, 0.15) is 0 Å². The molecule has 1 heterocycles. The minimum absolute atomic E-state index is 0.279. The van der Waals surface area contributed by atoms with E-state index in [9.17, 15) is 4.79 Å². The van der Waals surface area contributed by atoms with Crippen LogP contribution >= 0.6 is 0 Å². The van der Waals surface area contributed by atoms with E-state index in [1.807, 2.05) is 34.9 Å². The fourth-order valence-corrected chi connectivity index (χ4v) is 2.19. The maximum absolute atomic E-state index is 11.9. The number of hydrogen-bond donors (Lipinski definition) is 0. The molecule has 2 rings (SSSR count). The van der Waals surface area contributed by atoms with E-state index in [-0.39, 0.29) is 5.78 Å². The average molecular weight is 256 g/mol. The Labute approximate surface area is 114 Å². The lowest BCUT2D eigenvalue weighted by molar-refractivity contribution is -0.119. The molecule has 3 heteroatoms. The van der Waals surface area contributed by atoms with Crippen molar-refractivity contribution in [2.24, 2.45) is 0 Å². The molecule has 0 aliphatic carbocycles. The maximum atomic E-state index is 11.9. The first-order valence-electron chi connectivity index (χ1n) is 6.83. The van der Waals surface area contributed by atoms with E-state index >= 15 is 0 Å². The number of aromatic nitrogens is 2. The quantitative estimate of drug-likeness (QED) is 0.532. The second-order valence-electron chi connectivity index (χ2n) is 4.79. The van der Waals surface area contributed by atoms with Gasteiger partial charge in [0, 0.05) is 6.42 Å². The van der Waals surface area contributed by atoms with Gasteiger partial charge in [0.2, 0.25) is 0 Å². The fourth-order valence-electron chi connectivity index (χ4n) is 2.19. The zero-order chi connectivity index (χ0) is 13.5. The molecule has 0 bridgehead atoms. The van der Waals surface area contributed by atoms with E-state index < -0.39 is 0 Å². The summed E-state index contributed by atoms with van der Waals surface area (Å²) in [6.45, 7) is 4.13. The molecule has 0 fully saturated rings. The van der Waals surface area contributed by atoms with E-state index in [4.69, 9.17) is 0 Å². The first kappa shape index (κ1) is 13.5. The lowest BCUT2D eigenvalue weighted by atomic mass is 10.1. The summed E-state index contributed by atoms with van der Waals surface area (Å²) < 4.78 is 1.93. The molecule has 0 unspecified atom stereocenters. The van der Waals surface area contributed by atoms with Crippen molar-refractivity contribution in [3.8, 4) is 0 Å². The first-order valence-corrected chi connectivity index (χ1v) is 6.83. The van der Waals surface area contributed by atoms with Crippen molar-refractivity contribution in [2.45, 2.75) is 38.6 Å². The Balaban J connectivity index is 1.83. The third kappa shape index (κ3) is 3.78. The summed E-state index contributed by atoms with van der Waals surface area (Å²) in [5.41, 5.74) is 1.98. The summed E-state index contributed by atoms with van der Waals surface area (Å²) in [6.07, 6.45) is 8.58. The number of imidazole rings is 1. The molecular formula is C16H20N2O. The van der Waals surface area contributed by atoms with E-state index in [1.165, 1.54) is 0 Å². The summed E-state index contributed by atoms with van der Waals surface area (Å²) in [5, 5.41) is 0. The van der Waals surface area contributed by atoms with E-state index in [0.717, 1.165) is 36.7 Å². The molecule has 19 heavy (non-hydrogen) atoms. The Kier molecular flexibility index (Phi) is 4.90.